The third-order valence-corrected chi connectivity index (χ3v) is 4.63. The molecule has 0 aliphatic carbocycles. The Kier molecular flexibility index (Phi) is 4.05. The second-order valence-electron chi connectivity index (χ2n) is 6.15. The normalized spacial score (nSPS) is 16.3. The van der Waals surface area contributed by atoms with Crippen molar-refractivity contribution in [2.45, 2.75) is 0 Å². The highest BCUT2D eigenvalue weighted by atomic mass is 35.5. The van der Waals surface area contributed by atoms with Crippen molar-refractivity contribution in [2.24, 2.45) is 7.05 Å². The Bertz CT molecular complexity index is 1150. The Morgan fingerprint density at radius 3 is 2.59 bits per heavy atom. The van der Waals surface area contributed by atoms with Gasteiger partial charge in [-0.2, -0.15) is 0 Å². The smallest absolute Gasteiger partial charge is 0.335 e. The van der Waals surface area contributed by atoms with Gasteiger partial charge < -0.3 is 4.57 Å². The summed E-state index contributed by atoms with van der Waals surface area (Å²) in [7, 11) is 1.88. The first-order valence-electron chi connectivity index (χ1n) is 8.17. The van der Waals surface area contributed by atoms with Crippen molar-refractivity contribution in [3.8, 4) is 0 Å². The second kappa shape index (κ2) is 6.41. The molecule has 27 heavy (non-hydrogen) atoms. The van der Waals surface area contributed by atoms with E-state index < -0.39 is 17.8 Å². The highest BCUT2D eigenvalue weighted by Gasteiger charge is 2.37. The number of barbiturate groups is 1. The van der Waals surface area contributed by atoms with Crippen molar-refractivity contribution in [1.82, 2.24) is 9.88 Å². The lowest BCUT2D eigenvalue weighted by molar-refractivity contribution is -0.122. The van der Waals surface area contributed by atoms with Gasteiger partial charge in [0.05, 0.1) is 5.69 Å². The number of halogens is 1. The van der Waals surface area contributed by atoms with Gasteiger partial charge in [0.25, 0.3) is 11.8 Å². The number of hydrogen-bond acceptors (Lipinski definition) is 3. The molecule has 0 saturated carbocycles. The minimum atomic E-state index is -0.803. The molecule has 1 aliphatic rings. The predicted octanol–water partition coefficient (Wildman–Crippen LogP) is 3.50. The minimum Gasteiger partial charge on any atom is -0.350 e. The van der Waals surface area contributed by atoms with E-state index >= 15 is 0 Å². The Morgan fingerprint density at radius 2 is 1.81 bits per heavy atom. The van der Waals surface area contributed by atoms with E-state index in [2.05, 4.69) is 5.32 Å². The number of carbonyl (C=O) groups excluding carboxylic acids is 3. The molecule has 4 amide bonds. The monoisotopic (exact) mass is 379 g/mol. The molecule has 1 aromatic heterocycles. The maximum atomic E-state index is 12.9. The molecule has 134 valence electrons. The number of aryl methyl sites for hydroxylation is 1. The summed E-state index contributed by atoms with van der Waals surface area (Å²) in [6.45, 7) is 0. The zero-order valence-electron chi connectivity index (χ0n) is 14.3. The van der Waals surface area contributed by atoms with Crippen LogP contribution in [0.1, 0.15) is 5.56 Å². The number of anilines is 1. The largest absolute Gasteiger partial charge is 0.350 e. The van der Waals surface area contributed by atoms with Gasteiger partial charge >= 0.3 is 6.03 Å². The Balaban J connectivity index is 1.82. The van der Waals surface area contributed by atoms with Crippen molar-refractivity contribution < 1.29 is 14.4 Å². The number of urea groups is 1. The Hall–Kier alpha value is -3.38. The molecule has 1 saturated heterocycles. The summed E-state index contributed by atoms with van der Waals surface area (Å²) in [6, 6.07) is 13.2. The van der Waals surface area contributed by atoms with Gasteiger partial charge in [-0.15, -0.1) is 0 Å². The molecule has 7 heteroatoms. The lowest BCUT2D eigenvalue weighted by Crippen LogP contribution is -2.54. The first-order valence-corrected chi connectivity index (χ1v) is 8.54. The maximum Gasteiger partial charge on any atom is 0.335 e. The predicted molar refractivity (Wildman–Crippen MR) is 103 cm³/mol. The van der Waals surface area contributed by atoms with Crippen LogP contribution in [0.5, 0.6) is 0 Å². The van der Waals surface area contributed by atoms with Gasteiger partial charge in [0.15, 0.2) is 0 Å². The zero-order valence-corrected chi connectivity index (χ0v) is 15.0. The van der Waals surface area contributed by atoms with Gasteiger partial charge in [-0.05, 0) is 30.3 Å². The molecule has 0 atom stereocenters. The van der Waals surface area contributed by atoms with Crippen molar-refractivity contribution in [1.29, 1.82) is 0 Å². The molecule has 0 spiro atoms. The first-order chi connectivity index (χ1) is 13.0. The molecule has 3 aromatic rings. The number of rotatable bonds is 2. The lowest BCUT2D eigenvalue weighted by atomic mass is 10.1. The summed E-state index contributed by atoms with van der Waals surface area (Å²) in [6.07, 6.45) is 3.34. The van der Waals surface area contributed by atoms with Gasteiger partial charge in [-0.1, -0.05) is 35.9 Å². The van der Waals surface area contributed by atoms with E-state index in [9.17, 15) is 14.4 Å². The standard InChI is InChI=1S/C20H14ClN3O3/c1-23-11-12(15-7-2-3-8-17(15)23)9-16-18(25)22-20(27)24(19(16)26)14-6-4-5-13(21)10-14/h2-11H,1H3,(H,22,25,27)/b16-9-. The number of nitrogens with one attached hydrogen (secondary N) is 1. The van der Waals surface area contributed by atoms with E-state index in [1.807, 2.05) is 42.1 Å². The fourth-order valence-electron chi connectivity index (χ4n) is 3.15. The third kappa shape index (κ3) is 2.90. The number of imide groups is 2. The maximum absolute atomic E-state index is 12.9. The molecule has 0 radical (unpaired) electrons. The van der Waals surface area contributed by atoms with Gasteiger partial charge in [0.2, 0.25) is 0 Å². The molecule has 0 unspecified atom stereocenters. The minimum absolute atomic E-state index is 0.120. The third-order valence-electron chi connectivity index (χ3n) is 4.40. The molecular formula is C20H14ClN3O3. The van der Waals surface area contributed by atoms with Crippen LogP contribution in [0.25, 0.3) is 17.0 Å². The van der Waals surface area contributed by atoms with Crippen molar-refractivity contribution in [3.05, 3.63) is 70.9 Å². The fraction of sp³-hybridized carbons (Fsp3) is 0.0500. The topological polar surface area (TPSA) is 71.4 Å². The number of hydrogen-bond donors (Lipinski definition) is 1. The van der Waals surface area contributed by atoms with Crippen LogP contribution >= 0.6 is 11.6 Å². The van der Waals surface area contributed by atoms with Crippen LogP contribution in [0.15, 0.2) is 60.3 Å². The Morgan fingerprint density at radius 1 is 1.04 bits per heavy atom. The number of fused-ring (bicyclic) bond motifs is 1. The molecule has 1 N–H and O–H groups in total. The first kappa shape index (κ1) is 17.1. The van der Waals surface area contributed by atoms with Gasteiger partial charge in [0, 0.05) is 34.7 Å². The van der Waals surface area contributed by atoms with E-state index in [1.165, 1.54) is 12.1 Å². The quantitative estimate of drug-likeness (QED) is 0.547. The number of aromatic nitrogens is 1. The van der Waals surface area contributed by atoms with Gasteiger partial charge in [0.1, 0.15) is 5.57 Å². The van der Waals surface area contributed by atoms with Crippen LogP contribution in [0.2, 0.25) is 5.02 Å². The van der Waals surface area contributed by atoms with Crippen LogP contribution in [0.4, 0.5) is 10.5 Å². The molecule has 2 heterocycles. The summed E-state index contributed by atoms with van der Waals surface area (Å²) in [4.78, 5) is 38.4. The summed E-state index contributed by atoms with van der Waals surface area (Å²) in [5.41, 5.74) is 1.86. The van der Waals surface area contributed by atoms with Crippen LogP contribution < -0.4 is 10.2 Å². The molecule has 1 fully saturated rings. The average molecular weight is 380 g/mol. The summed E-state index contributed by atoms with van der Waals surface area (Å²) >= 11 is 5.97. The Labute approximate surface area is 159 Å². The SMILES string of the molecule is Cn1cc(/C=C2/C(=O)NC(=O)N(c3cccc(Cl)c3)C2=O)c2ccccc21. The van der Waals surface area contributed by atoms with E-state index in [0.717, 1.165) is 15.8 Å². The van der Waals surface area contributed by atoms with Crippen LogP contribution in [0, 0.1) is 0 Å². The molecule has 0 bridgehead atoms. The van der Waals surface area contributed by atoms with Crippen LogP contribution in [0.3, 0.4) is 0 Å². The number of nitrogens with zero attached hydrogens (tertiary/aromatic N) is 2. The molecular weight excluding hydrogens is 366 g/mol. The van der Waals surface area contributed by atoms with E-state index in [0.29, 0.717) is 16.3 Å². The number of amides is 4. The molecule has 4 rings (SSSR count). The highest BCUT2D eigenvalue weighted by Crippen LogP contribution is 2.27. The van der Waals surface area contributed by atoms with Crippen molar-refractivity contribution in [2.75, 3.05) is 4.90 Å². The molecule has 6 nitrogen and oxygen atoms in total. The van der Waals surface area contributed by atoms with Gasteiger partial charge in [-0.3, -0.25) is 14.9 Å². The molecule has 1 aliphatic heterocycles. The zero-order chi connectivity index (χ0) is 19.1. The van der Waals surface area contributed by atoms with E-state index in [4.69, 9.17) is 11.6 Å². The van der Waals surface area contributed by atoms with Gasteiger partial charge in [-0.25, -0.2) is 9.69 Å². The summed E-state index contributed by atoms with van der Waals surface area (Å²) in [5.74, 6) is -1.42. The van der Waals surface area contributed by atoms with Crippen molar-refractivity contribution >= 4 is 52.1 Å². The van der Waals surface area contributed by atoms with Crippen LogP contribution in [-0.4, -0.2) is 22.4 Å². The van der Waals surface area contributed by atoms with E-state index in [-0.39, 0.29) is 5.57 Å². The lowest BCUT2D eigenvalue weighted by Gasteiger charge is -2.26. The van der Waals surface area contributed by atoms with Crippen molar-refractivity contribution in [3.63, 3.8) is 0 Å². The fourth-order valence-corrected chi connectivity index (χ4v) is 3.34. The summed E-state index contributed by atoms with van der Waals surface area (Å²) in [5, 5.41) is 3.49. The number of carbonyl (C=O) groups is 3. The molecule has 2 aromatic carbocycles. The summed E-state index contributed by atoms with van der Waals surface area (Å²) < 4.78 is 1.91. The average Bonchev–Trinajstić information content (AvgIpc) is 2.95. The van der Waals surface area contributed by atoms with E-state index in [1.54, 1.807) is 18.2 Å². The number of benzene rings is 2. The van der Waals surface area contributed by atoms with Crippen LogP contribution in [-0.2, 0) is 16.6 Å². The highest BCUT2D eigenvalue weighted by molar-refractivity contribution is 6.39. The number of para-hydroxylation sites is 1. The second-order valence-corrected chi connectivity index (χ2v) is 6.59.